The van der Waals surface area contributed by atoms with Gasteiger partial charge in [-0.05, 0) is 49.4 Å². The lowest BCUT2D eigenvalue weighted by Gasteiger charge is -2.10. The lowest BCUT2D eigenvalue weighted by Crippen LogP contribution is -2.14. The molecule has 1 heterocycles. The molecule has 0 aliphatic carbocycles. The summed E-state index contributed by atoms with van der Waals surface area (Å²) in [6.45, 7) is 1.69. The molecule has 0 fully saturated rings. The molecule has 0 saturated heterocycles. The molecule has 134 valence electrons. The maximum Gasteiger partial charge on any atom is 0.294 e. The summed E-state index contributed by atoms with van der Waals surface area (Å²) < 4.78 is 32.4. The summed E-state index contributed by atoms with van der Waals surface area (Å²) in [6, 6.07) is 13.6. The molecule has 0 spiro atoms. The molecular weight excluding hydrogens is 378 g/mol. The van der Waals surface area contributed by atoms with E-state index in [2.05, 4.69) is 15.2 Å². The van der Waals surface area contributed by atoms with E-state index in [4.69, 9.17) is 16.1 Å². The molecule has 26 heavy (non-hydrogen) atoms. The molecule has 1 amide bonds. The Kier molecular flexibility index (Phi) is 4.97. The van der Waals surface area contributed by atoms with Gasteiger partial charge in [-0.15, -0.1) is 0 Å². The van der Waals surface area contributed by atoms with E-state index in [1.807, 2.05) is 0 Å². The van der Waals surface area contributed by atoms with Crippen LogP contribution in [0.4, 0.5) is 11.4 Å². The highest BCUT2D eigenvalue weighted by Crippen LogP contribution is 2.21. The van der Waals surface area contributed by atoms with Crippen molar-refractivity contribution in [3.63, 3.8) is 0 Å². The normalized spacial score (nSPS) is 11.2. The van der Waals surface area contributed by atoms with Crippen molar-refractivity contribution in [1.82, 2.24) is 5.16 Å². The van der Waals surface area contributed by atoms with Crippen LogP contribution < -0.4 is 10.0 Å². The van der Waals surface area contributed by atoms with Gasteiger partial charge in [0, 0.05) is 22.5 Å². The Morgan fingerprint density at radius 1 is 1.08 bits per heavy atom. The molecule has 9 heteroatoms. The van der Waals surface area contributed by atoms with E-state index in [0.717, 1.165) is 0 Å². The van der Waals surface area contributed by atoms with Crippen LogP contribution in [-0.2, 0) is 10.0 Å². The minimum absolute atomic E-state index is 0.000926. The molecule has 3 aromatic rings. The van der Waals surface area contributed by atoms with Crippen LogP contribution in [-0.4, -0.2) is 19.5 Å². The largest absolute Gasteiger partial charge is 0.351 e. The van der Waals surface area contributed by atoms with Gasteiger partial charge in [-0.2, -0.15) is 0 Å². The number of amides is 1. The highest BCUT2D eigenvalue weighted by Gasteiger charge is 2.17. The quantitative estimate of drug-likeness (QED) is 0.690. The minimum Gasteiger partial charge on any atom is -0.351 e. The summed E-state index contributed by atoms with van der Waals surface area (Å²) in [5.41, 5.74) is 1.25. The number of anilines is 2. The zero-order valence-electron chi connectivity index (χ0n) is 13.6. The third-order valence-electron chi connectivity index (χ3n) is 3.35. The number of nitrogens with one attached hydrogen (secondary N) is 2. The van der Waals surface area contributed by atoms with Crippen LogP contribution >= 0.6 is 11.6 Å². The number of sulfonamides is 1. The van der Waals surface area contributed by atoms with Gasteiger partial charge in [0.05, 0.1) is 10.6 Å². The van der Waals surface area contributed by atoms with Crippen LogP contribution in [0.3, 0.4) is 0 Å². The molecule has 0 aliphatic rings. The number of rotatable bonds is 5. The monoisotopic (exact) mass is 391 g/mol. The second-order valence-electron chi connectivity index (χ2n) is 5.43. The molecule has 3 rings (SSSR count). The molecule has 0 aliphatic heterocycles. The second-order valence-corrected chi connectivity index (χ2v) is 7.55. The van der Waals surface area contributed by atoms with E-state index in [-0.39, 0.29) is 10.7 Å². The van der Waals surface area contributed by atoms with Gasteiger partial charge in [0.2, 0.25) is 5.76 Å². The van der Waals surface area contributed by atoms with E-state index in [9.17, 15) is 13.2 Å². The smallest absolute Gasteiger partial charge is 0.294 e. The van der Waals surface area contributed by atoms with E-state index < -0.39 is 15.9 Å². The number of hydrogen-bond acceptors (Lipinski definition) is 5. The lowest BCUT2D eigenvalue weighted by atomic mass is 10.3. The van der Waals surface area contributed by atoms with Crippen LogP contribution in [0.15, 0.2) is 64.0 Å². The average molecular weight is 392 g/mol. The van der Waals surface area contributed by atoms with Crippen LogP contribution in [0.5, 0.6) is 0 Å². The maximum absolute atomic E-state index is 12.5. The first-order valence-electron chi connectivity index (χ1n) is 7.47. The summed E-state index contributed by atoms with van der Waals surface area (Å²) in [5.74, 6) is -0.485. The fraction of sp³-hybridized carbons (Fsp3) is 0.0588. The van der Waals surface area contributed by atoms with Crippen molar-refractivity contribution in [2.24, 2.45) is 0 Å². The van der Waals surface area contributed by atoms with Crippen LogP contribution in [0.25, 0.3) is 0 Å². The number of benzene rings is 2. The molecule has 0 atom stereocenters. The zero-order valence-corrected chi connectivity index (χ0v) is 15.1. The van der Waals surface area contributed by atoms with Crippen molar-refractivity contribution in [2.45, 2.75) is 11.8 Å². The maximum atomic E-state index is 12.5. The highest BCUT2D eigenvalue weighted by atomic mass is 35.5. The summed E-state index contributed by atoms with van der Waals surface area (Å²) >= 11 is 5.79. The average Bonchev–Trinajstić information content (AvgIpc) is 3.04. The van der Waals surface area contributed by atoms with Gasteiger partial charge in [-0.1, -0.05) is 22.8 Å². The van der Waals surface area contributed by atoms with Gasteiger partial charge in [0.15, 0.2) is 0 Å². The predicted octanol–water partition coefficient (Wildman–Crippen LogP) is 3.69. The van der Waals surface area contributed by atoms with E-state index in [1.165, 1.54) is 24.3 Å². The van der Waals surface area contributed by atoms with E-state index in [0.29, 0.717) is 22.1 Å². The topological polar surface area (TPSA) is 101 Å². The molecule has 0 radical (unpaired) electrons. The summed E-state index contributed by atoms with van der Waals surface area (Å²) in [4.78, 5) is 12.1. The minimum atomic E-state index is -3.83. The fourth-order valence-electron chi connectivity index (χ4n) is 2.14. The molecule has 0 bridgehead atoms. The zero-order chi connectivity index (χ0) is 18.7. The Balaban J connectivity index is 1.79. The number of nitrogens with zero attached hydrogens (tertiary/aromatic N) is 1. The van der Waals surface area contributed by atoms with Crippen molar-refractivity contribution in [3.05, 3.63) is 71.1 Å². The second kappa shape index (κ2) is 7.19. The van der Waals surface area contributed by atoms with E-state index in [1.54, 1.807) is 37.3 Å². The van der Waals surface area contributed by atoms with Crippen molar-refractivity contribution in [3.8, 4) is 0 Å². The number of aromatic nitrogens is 1. The first-order chi connectivity index (χ1) is 12.3. The molecule has 0 saturated carbocycles. The third kappa shape index (κ3) is 4.22. The Morgan fingerprint density at radius 3 is 2.46 bits per heavy atom. The van der Waals surface area contributed by atoms with Gasteiger partial charge < -0.3 is 9.84 Å². The third-order valence-corrected chi connectivity index (χ3v) is 4.98. The first kappa shape index (κ1) is 18.0. The molecule has 0 unspecified atom stereocenters. The van der Waals surface area contributed by atoms with Crippen molar-refractivity contribution in [1.29, 1.82) is 0 Å². The number of carbonyl (C=O) groups excluding carboxylic acids is 1. The van der Waals surface area contributed by atoms with E-state index >= 15 is 0 Å². The Morgan fingerprint density at radius 2 is 1.81 bits per heavy atom. The Bertz CT molecular complexity index is 1050. The summed E-state index contributed by atoms with van der Waals surface area (Å²) in [7, 11) is -3.83. The molecule has 2 aromatic carbocycles. The number of aryl methyl sites for hydroxylation is 1. The van der Waals surface area contributed by atoms with Crippen LogP contribution in [0.1, 0.15) is 16.2 Å². The fourth-order valence-corrected chi connectivity index (χ4v) is 3.37. The van der Waals surface area contributed by atoms with Gasteiger partial charge in [-0.25, -0.2) is 8.42 Å². The SMILES string of the molecule is Cc1cc(C(=O)Nc2cccc(S(=O)(=O)Nc3ccc(Cl)cc3)c2)on1. The van der Waals surface area contributed by atoms with Crippen molar-refractivity contribution < 1.29 is 17.7 Å². The molecule has 7 nitrogen and oxygen atoms in total. The molecular formula is C17H14ClN3O4S. The highest BCUT2D eigenvalue weighted by molar-refractivity contribution is 7.92. The number of halogens is 1. The van der Waals surface area contributed by atoms with Crippen molar-refractivity contribution >= 4 is 38.9 Å². The summed E-state index contributed by atoms with van der Waals surface area (Å²) in [5, 5.41) is 6.71. The van der Waals surface area contributed by atoms with Gasteiger partial charge >= 0.3 is 0 Å². The Labute approximate surface area is 155 Å². The molecule has 2 N–H and O–H groups in total. The number of carbonyl (C=O) groups is 1. The Hall–Kier alpha value is -2.84. The van der Waals surface area contributed by atoms with Crippen LogP contribution in [0.2, 0.25) is 5.02 Å². The lowest BCUT2D eigenvalue weighted by molar-refractivity contribution is 0.0988. The first-order valence-corrected chi connectivity index (χ1v) is 9.33. The van der Waals surface area contributed by atoms with Gasteiger partial charge in [-0.3, -0.25) is 9.52 Å². The standard InChI is InChI=1S/C17H14ClN3O4S/c1-11-9-16(25-20-11)17(22)19-14-3-2-4-15(10-14)26(23,24)21-13-7-5-12(18)6-8-13/h2-10,21H,1H3,(H,19,22). The molecule has 1 aromatic heterocycles. The summed E-state index contributed by atoms with van der Waals surface area (Å²) in [6.07, 6.45) is 0. The van der Waals surface area contributed by atoms with Crippen molar-refractivity contribution in [2.75, 3.05) is 10.0 Å². The van der Waals surface area contributed by atoms with Gasteiger partial charge in [0.25, 0.3) is 15.9 Å². The predicted molar refractivity (Wildman–Crippen MR) is 97.9 cm³/mol. The van der Waals surface area contributed by atoms with Gasteiger partial charge in [0.1, 0.15) is 0 Å². The van der Waals surface area contributed by atoms with Crippen LogP contribution in [0, 0.1) is 6.92 Å². The number of hydrogen-bond donors (Lipinski definition) is 2.